The van der Waals surface area contributed by atoms with E-state index in [1.807, 2.05) is 0 Å². The number of likely N-dealkylation sites (tertiary alicyclic amines) is 1. The molecule has 9 nitrogen and oxygen atoms in total. The Kier molecular flexibility index (Phi) is 4.87. The van der Waals surface area contributed by atoms with Crippen molar-refractivity contribution in [2.45, 2.75) is 56.7 Å². The molecule has 0 aromatic carbocycles. The van der Waals surface area contributed by atoms with Gasteiger partial charge in [-0.1, -0.05) is 0 Å². The molecule has 33 heavy (non-hydrogen) atoms. The van der Waals surface area contributed by atoms with Crippen LogP contribution in [-0.4, -0.2) is 76.4 Å². The van der Waals surface area contributed by atoms with Crippen LogP contribution < -0.4 is 10.6 Å². The summed E-state index contributed by atoms with van der Waals surface area (Å²) in [4.78, 5) is 45.3. The Morgan fingerprint density at radius 3 is 2.55 bits per heavy atom. The fourth-order valence-corrected chi connectivity index (χ4v) is 6.48. The van der Waals surface area contributed by atoms with E-state index in [4.69, 9.17) is 4.98 Å². The number of carbonyl (C=O) groups is 3. The van der Waals surface area contributed by atoms with Gasteiger partial charge in [-0.05, 0) is 55.6 Å². The molecule has 5 aliphatic rings. The van der Waals surface area contributed by atoms with Gasteiger partial charge >= 0.3 is 0 Å². The van der Waals surface area contributed by atoms with Crippen molar-refractivity contribution in [3.63, 3.8) is 0 Å². The molecule has 1 aliphatic carbocycles. The predicted octanol–water partition coefficient (Wildman–Crippen LogP) is 0.126. The molecule has 3 saturated heterocycles. The molecule has 1 aromatic heterocycles. The van der Waals surface area contributed by atoms with Crippen LogP contribution in [0.3, 0.4) is 0 Å². The first-order valence-corrected chi connectivity index (χ1v) is 12.1. The second-order valence-corrected chi connectivity index (χ2v) is 10.8. The fraction of sp³-hybridized carbons (Fsp3) is 0.667. The minimum atomic E-state index is -0.991. The lowest BCUT2D eigenvalue weighted by molar-refractivity contribution is -0.136. The van der Waals surface area contributed by atoms with Gasteiger partial charge in [0.15, 0.2) is 0 Å². The Balaban J connectivity index is 1.09. The summed E-state index contributed by atoms with van der Waals surface area (Å²) < 4.78 is 0. The Bertz CT molecular complexity index is 1010. The van der Waals surface area contributed by atoms with Crippen molar-refractivity contribution in [1.82, 2.24) is 25.4 Å². The van der Waals surface area contributed by atoms with E-state index >= 15 is 0 Å². The average molecular weight is 454 g/mol. The van der Waals surface area contributed by atoms with E-state index in [0.29, 0.717) is 41.6 Å². The lowest BCUT2D eigenvalue weighted by Crippen LogP contribution is -2.61. The molecule has 4 fully saturated rings. The highest BCUT2D eigenvalue weighted by atomic mass is 16.3. The third kappa shape index (κ3) is 3.57. The number of nitrogens with one attached hydrogen (secondary N) is 2. The molecular formula is C24H31N5O4. The van der Waals surface area contributed by atoms with Crippen molar-refractivity contribution in [2.24, 2.45) is 11.3 Å². The Labute approximate surface area is 192 Å². The Morgan fingerprint density at radius 2 is 1.88 bits per heavy atom. The van der Waals surface area contributed by atoms with Gasteiger partial charge in [-0.15, -0.1) is 0 Å². The summed E-state index contributed by atoms with van der Waals surface area (Å²) >= 11 is 0. The number of imide groups is 1. The van der Waals surface area contributed by atoms with Crippen LogP contribution in [0, 0.1) is 11.3 Å². The molecule has 1 spiro atoms. The molecule has 176 valence electrons. The third-order valence-electron chi connectivity index (χ3n) is 8.49. The van der Waals surface area contributed by atoms with E-state index in [1.165, 1.54) is 30.8 Å². The maximum Gasteiger partial charge on any atom is 0.256 e. The number of aromatic nitrogens is 1. The van der Waals surface area contributed by atoms with Gasteiger partial charge in [0.2, 0.25) is 11.8 Å². The van der Waals surface area contributed by atoms with E-state index < -0.39 is 17.6 Å². The van der Waals surface area contributed by atoms with Gasteiger partial charge in [-0.3, -0.25) is 24.7 Å². The maximum absolute atomic E-state index is 12.9. The SMILES string of the molecule is O=C1CCC(N2Cc3nc(C4(O)CCN(CC5CC6(CNC6)C5)CC4)ccc3C2=O)C(=O)N1. The minimum Gasteiger partial charge on any atom is -0.383 e. The Morgan fingerprint density at radius 1 is 1.12 bits per heavy atom. The zero-order chi connectivity index (χ0) is 22.8. The zero-order valence-electron chi connectivity index (χ0n) is 18.8. The van der Waals surface area contributed by atoms with Crippen molar-refractivity contribution in [3.05, 3.63) is 29.1 Å². The number of hydrogen-bond donors (Lipinski definition) is 3. The van der Waals surface area contributed by atoms with Crippen LogP contribution in [-0.2, 0) is 21.7 Å². The van der Waals surface area contributed by atoms with E-state index in [0.717, 1.165) is 25.6 Å². The van der Waals surface area contributed by atoms with Gasteiger partial charge in [0.25, 0.3) is 5.91 Å². The first-order chi connectivity index (χ1) is 15.8. The molecule has 4 aliphatic heterocycles. The molecular weight excluding hydrogens is 422 g/mol. The molecule has 6 rings (SSSR count). The summed E-state index contributed by atoms with van der Waals surface area (Å²) in [6.07, 6.45) is 4.46. The molecule has 0 bridgehead atoms. The summed E-state index contributed by atoms with van der Waals surface area (Å²) in [6.45, 7) is 5.39. The van der Waals surface area contributed by atoms with Gasteiger partial charge in [0.1, 0.15) is 11.6 Å². The van der Waals surface area contributed by atoms with Gasteiger partial charge in [0, 0.05) is 39.1 Å². The monoisotopic (exact) mass is 453 g/mol. The van der Waals surface area contributed by atoms with E-state index in [9.17, 15) is 19.5 Å². The zero-order valence-corrected chi connectivity index (χ0v) is 18.8. The molecule has 3 N–H and O–H groups in total. The molecule has 9 heteroatoms. The number of aliphatic hydroxyl groups is 1. The second kappa shape index (κ2) is 7.58. The molecule has 1 unspecified atom stereocenters. The van der Waals surface area contributed by atoms with Crippen molar-refractivity contribution in [3.8, 4) is 0 Å². The number of piperidine rings is 2. The van der Waals surface area contributed by atoms with E-state index in [-0.39, 0.29) is 24.8 Å². The van der Waals surface area contributed by atoms with Crippen molar-refractivity contribution in [1.29, 1.82) is 0 Å². The van der Waals surface area contributed by atoms with Crippen molar-refractivity contribution in [2.75, 3.05) is 32.7 Å². The molecule has 3 amide bonds. The number of rotatable bonds is 4. The van der Waals surface area contributed by atoms with Crippen LogP contribution in [0.5, 0.6) is 0 Å². The lowest BCUT2D eigenvalue weighted by Gasteiger charge is -2.55. The standard InChI is InChI=1S/C24H31N5O4/c30-20-4-2-18(21(31)27-20)29-12-17-16(22(29)32)1-3-19(26-17)24(33)5-7-28(8-6-24)11-15-9-23(10-15)13-25-14-23/h1,3,15,18,25,33H,2,4-14H2,(H,27,30,31). The Hall–Kier alpha value is -2.36. The lowest BCUT2D eigenvalue weighted by atomic mass is 9.58. The highest BCUT2D eigenvalue weighted by Gasteiger charge is 2.49. The quantitative estimate of drug-likeness (QED) is 0.555. The number of amides is 3. The number of pyridine rings is 1. The normalized spacial score (nSPS) is 28.9. The number of fused-ring (bicyclic) bond motifs is 1. The predicted molar refractivity (Wildman–Crippen MR) is 118 cm³/mol. The van der Waals surface area contributed by atoms with Gasteiger partial charge in [-0.25, -0.2) is 0 Å². The first kappa shape index (κ1) is 21.2. The van der Waals surface area contributed by atoms with Crippen LogP contribution >= 0.6 is 0 Å². The smallest absolute Gasteiger partial charge is 0.256 e. The average Bonchev–Trinajstić information content (AvgIpc) is 3.06. The third-order valence-corrected chi connectivity index (χ3v) is 8.49. The highest BCUT2D eigenvalue weighted by molar-refractivity contribution is 6.05. The molecule has 5 heterocycles. The van der Waals surface area contributed by atoms with Gasteiger partial charge in [-0.2, -0.15) is 0 Å². The second-order valence-electron chi connectivity index (χ2n) is 10.8. The molecule has 1 aromatic rings. The van der Waals surface area contributed by atoms with Gasteiger partial charge in [0.05, 0.1) is 23.5 Å². The summed E-state index contributed by atoms with van der Waals surface area (Å²) in [5, 5.41) is 17.1. The van der Waals surface area contributed by atoms with Crippen LogP contribution in [0.15, 0.2) is 12.1 Å². The van der Waals surface area contributed by atoms with Crippen molar-refractivity contribution < 1.29 is 19.5 Å². The molecule has 0 radical (unpaired) electrons. The summed E-state index contributed by atoms with van der Waals surface area (Å²) in [5.74, 6) is -0.184. The van der Waals surface area contributed by atoms with Crippen molar-refractivity contribution >= 4 is 17.7 Å². The number of nitrogens with zero attached hydrogens (tertiary/aromatic N) is 3. The summed E-state index contributed by atoms with van der Waals surface area (Å²) in [5.41, 5.74) is 1.30. The molecule has 1 saturated carbocycles. The van der Waals surface area contributed by atoms with Crippen LogP contribution in [0.1, 0.15) is 60.3 Å². The van der Waals surface area contributed by atoms with Crippen LogP contribution in [0.4, 0.5) is 0 Å². The van der Waals surface area contributed by atoms with E-state index in [2.05, 4.69) is 15.5 Å². The fourth-order valence-electron chi connectivity index (χ4n) is 6.48. The van der Waals surface area contributed by atoms with Crippen LogP contribution in [0.25, 0.3) is 0 Å². The largest absolute Gasteiger partial charge is 0.383 e. The van der Waals surface area contributed by atoms with Crippen LogP contribution in [0.2, 0.25) is 0 Å². The van der Waals surface area contributed by atoms with E-state index in [1.54, 1.807) is 12.1 Å². The summed E-state index contributed by atoms with van der Waals surface area (Å²) in [7, 11) is 0. The highest BCUT2D eigenvalue weighted by Crippen LogP contribution is 2.49. The number of carbonyl (C=O) groups excluding carboxylic acids is 3. The first-order valence-electron chi connectivity index (χ1n) is 12.1. The summed E-state index contributed by atoms with van der Waals surface area (Å²) in [6, 6.07) is 2.84. The molecule has 1 atom stereocenters. The topological polar surface area (TPSA) is 115 Å². The van der Waals surface area contributed by atoms with Gasteiger partial charge < -0.3 is 20.2 Å². The maximum atomic E-state index is 12.9. The minimum absolute atomic E-state index is 0.226. The number of hydrogen-bond acceptors (Lipinski definition) is 7.